The van der Waals surface area contributed by atoms with Gasteiger partial charge in [0.25, 0.3) is 5.69 Å². The van der Waals surface area contributed by atoms with E-state index in [-0.39, 0.29) is 11.4 Å². The molecule has 0 aliphatic carbocycles. The summed E-state index contributed by atoms with van der Waals surface area (Å²) in [5, 5.41) is 10.7. The van der Waals surface area contributed by atoms with E-state index in [1.165, 1.54) is 11.6 Å². The van der Waals surface area contributed by atoms with Gasteiger partial charge >= 0.3 is 0 Å². The molecule has 1 aliphatic heterocycles. The van der Waals surface area contributed by atoms with Crippen LogP contribution in [-0.2, 0) is 0 Å². The van der Waals surface area contributed by atoms with Crippen molar-refractivity contribution in [2.75, 3.05) is 23.7 Å². The van der Waals surface area contributed by atoms with Gasteiger partial charge in [0.15, 0.2) is 0 Å². The van der Waals surface area contributed by atoms with E-state index in [4.69, 9.17) is 5.73 Å². The molecule has 0 radical (unpaired) electrons. The molecule has 5 heteroatoms. The second-order valence-electron chi connectivity index (χ2n) is 4.26. The lowest BCUT2D eigenvalue weighted by Gasteiger charge is -2.28. The molecule has 0 aromatic heterocycles. The third kappa shape index (κ3) is 2.38. The van der Waals surface area contributed by atoms with Crippen LogP contribution in [0.3, 0.4) is 0 Å². The van der Waals surface area contributed by atoms with E-state index in [0.29, 0.717) is 0 Å². The van der Waals surface area contributed by atoms with Crippen molar-refractivity contribution in [3.8, 4) is 0 Å². The van der Waals surface area contributed by atoms with Crippen LogP contribution in [-0.4, -0.2) is 18.0 Å². The summed E-state index contributed by atoms with van der Waals surface area (Å²) in [6, 6.07) is 4.90. The van der Waals surface area contributed by atoms with Crippen LogP contribution >= 0.6 is 0 Å². The Hall–Kier alpha value is -2.04. The van der Waals surface area contributed by atoms with Crippen molar-refractivity contribution >= 4 is 17.1 Å². The van der Waals surface area contributed by atoms with Crippen molar-refractivity contribution in [3.63, 3.8) is 0 Å². The first-order valence-corrected chi connectivity index (χ1v) is 5.52. The Kier molecular flexibility index (Phi) is 2.99. The first kappa shape index (κ1) is 11.4. The number of anilines is 2. The van der Waals surface area contributed by atoms with Crippen molar-refractivity contribution in [1.29, 1.82) is 0 Å². The Morgan fingerprint density at radius 2 is 2.24 bits per heavy atom. The molecule has 0 spiro atoms. The highest BCUT2D eigenvalue weighted by Crippen LogP contribution is 2.28. The van der Waals surface area contributed by atoms with Crippen LogP contribution < -0.4 is 10.6 Å². The van der Waals surface area contributed by atoms with Gasteiger partial charge in [-0.3, -0.25) is 10.1 Å². The molecular weight excluding hydrogens is 218 g/mol. The Bertz CT molecular complexity index is 483. The maximum absolute atomic E-state index is 10.7. The summed E-state index contributed by atoms with van der Waals surface area (Å²) >= 11 is 0. The molecule has 90 valence electrons. The molecule has 1 heterocycles. The molecule has 5 nitrogen and oxygen atoms in total. The van der Waals surface area contributed by atoms with Crippen LogP contribution in [0.25, 0.3) is 0 Å². The number of benzene rings is 1. The monoisotopic (exact) mass is 233 g/mol. The quantitative estimate of drug-likeness (QED) is 0.368. The van der Waals surface area contributed by atoms with E-state index in [9.17, 15) is 10.1 Å². The molecule has 0 fully saturated rings. The number of nitro benzene ring substituents is 1. The molecule has 0 unspecified atom stereocenters. The summed E-state index contributed by atoms with van der Waals surface area (Å²) in [6.07, 6.45) is 3.22. The highest BCUT2D eigenvalue weighted by atomic mass is 16.6. The third-order valence-electron chi connectivity index (χ3n) is 2.91. The SMILES string of the molecule is CC1=CCCN(c2ccc([N+](=O)[O-])c(N)c2)C1. The minimum absolute atomic E-state index is 0.0296. The number of nitrogen functional groups attached to an aromatic ring is 1. The van der Waals surface area contributed by atoms with Crippen LogP contribution in [0.4, 0.5) is 17.1 Å². The summed E-state index contributed by atoms with van der Waals surface area (Å²) in [7, 11) is 0. The Morgan fingerprint density at radius 3 is 2.82 bits per heavy atom. The van der Waals surface area contributed by atoms with Crippen LogP contribution in [0.2, 0.25) is 0 Å². The lowest BCUT2D eigenvalue weighted by Crippen LogP contribution is -2.29. The van der Waals surface area contributed by atoms with Crippen molar-refractivity contribution in [3.05, 3.63) is 40.0 Å². The fourth-order valence-corrected chi connectivity index (χ4v) is 2.04. The van der Waals surface area contributed by atoms with Crippen molar-refractivity contribution < 1.29 is 4.92 Å². The van der Waals surface area contributed by atoms with Crippen molar-refractivity contribution in [2.45, 2.75) is 13.3 Å². The smallest absolute Gasteiger partial charge is 0.292 e. The van der Waals surface area contributed by atoms with Gasteiger partial charge in [0.2, 0.25) is 0 Å². The molecule has 17 heavy (non-hydrogen) atoms. The van der Waals surface area contributed by atoms with Crippen LogP contribution in [0.15, 0.2) is 29.8 Å². The molecule has 0 amide bonds. The molecule has 2 N–H and O–H groups in total. The molecule has 1 aliphatic rings. The van der Waals surface area contributed by atoms with Crippen LogP contribution in [0.5, 0.6) is 0 Å². The van der Waals surface area contributed by atoms with E-state index in [1.807, 2.05) is 0 Å². The number of rotatable bonds is 2. The lowest BCUT2D eigenvalue weighted by molar-refractivity contribution is -0.383. The van der Waals surface area contributed by atoms with Crippen molar-refractivity contribution in [1.82, 2.24) is 0 Å². The maximum Gasteiger partial charge on any atom is 0.292 e. The molecule has 1 aromatic rings. The van der Waals surface area contributed by atoms with Crippen molar-refractivity contribution in [2.24, 2.45) is 0 Å². The number of nitrogens with two attached hydrogens (primary N) is 1. The molecule has 0 saturated heterocycles. The fraction of sp³-hybridized carbons (Fsp3) is 0.333. The topological polar surface area (TPSA) is 72.4 Å². The van der Waals surface area contributed by atoms with Gasteiger partial charge in [-0.05, 0) is 25.5 Å². The fourth-order valence-electron chi connectivity index (χ4n) is 2.04. The molecule has 0 atom stereocenters. The Labute approximate surface area is 99.7 Å². The minimum Gasteiger partial charge on any atom is -0.393 e. The summed E-state index contributed by atoms with van der Waals surface area (Å²) < 4.78 is 0. The maximum atomic E-state index is 10.7. The highest BCUT2D eigenvalue weighted by Gasteiger charge is 2.15. The van der Waals surface area contributed by atoms with Gasteiger partial charge in [-0.2, -0.15) is 0 Å². The number of nitrogens with zero attached hydrogens (tertiary/aromatic N) is 2. The van der Waals surface area contributed by atoms with E-state index >= 15 is 0 Å². The molecule has 0 bridgehead atoms. The molecule has 2 rings (SSSR count). The second kappa shape index (κ2) is 4.45. The standard InChI is InChI=1S/C12H15N3O2/c1-9-3-2-6-14(8-9)10-4-5-12(15(16)17)11(13)7-10/h3-5,7H,2,6,8,13H2,1H3. The average molecular weight is 233 g/mol. The lowest BCUT2D eigenvalue weighted by atomic mass is 10.1. The number of hydrogen-bond acceptors (Lipinski definition) is 4. The zero-order valence-electron chi connectivity index (χ0n) is 9.72. The van der Waals surface area contributed by atoms with Gasteiger partial charge in [0.05, 0.1) is 4.92 Å². The molecular formula is C12H15N3O2. The van der Waals surface area contributed by atoms with Gasteiger partial charge in [0, 0.05) is 24.8 Å². The van der Waals surface area contributed by atoms with Gasteiger partial charge in [-0.1, -0.05) is 11.6 Å². The summed E-state index contributed by atoms with van der Waals surface area (Å²) in [5.41, 5.74) is 8.13. The summed E-state index contributed by atoms with van der Waals surface area (Å²) in [6.45, 7) is 3.87. The number of nitro groups is 1. The zero-order chi connectivity index (χ0) is 12.4. The van der Waals surface area contributed by atoms with Gasteiger partial charge in [-0.15, -0.1) is 0 Å². The second-order valence-corrected chi connectivity index (χ2v) is 4.26. The van der Waals surface area contributed by atoms with Gasteiger partial charge < -0.3 is 10.6 Å². The zero-order valence-corrected chi connectivity index (χ0v) is 9.72. The van der Waals surface area contributed by atoms with E-state index < -0.39 is 4.92 Å². The van der Waals surface area contributed by atoms with Crippen LogP contribution in [0.1, 0.15) is 13.3 Å². The van der Waals surface area contributed by atoms with E-state index in [1.54, 1.807) is 12.1 Å². The number of hydrogen-bond donors (Lipinski definition) is 1. The highest BCUT2D eigenvalue weighted by molar-refractivity contribution is 5.67. The van der Waals surface area contributed by atoms with Gasteiger partial charge in [-0.25, -0.2) is 0 Å². The van der Waals surface area contributed by atoms with Crippen LogP contribution in [0, 0.1) is 10.1 Å². The molecule has 1 aromatic carbocycles. The summed E-state index contributed by atoms with van der Waals surface area (Å²) in [5.74, 6) is 0. The normalized spacial score (nSPS) is 15.6. The first-order valence-electron chi connectivity index (χ1n) is 5.52. The van der Waals surface area contributed by atoms with Gasteiger partial charge in [0.1, 0.15) is 5.69 Å². The summed E-state index contributed by atoms with van der Waals surface area (Å²) in [4.78, 5) is 12.4. The van der Waals surface area contributed by atoms with E-state index in [0.717, 1.165) is 25.2 Å². The predicted molar refractivity (Wildman–Crippen MR) is 68.1 cm³/mol. The van der Waals surface area contributed by atoms with E-state index in [2.05, 4.69) is 17.9 Å². The Morgan fingerprint density at radius 1 is 1.47 bits per heavy atom. The first-order chi connectivity index (χ1) is 8.08. The minimum atomic E-state index is -0.458. The third-order valence-corrected chi connectivity index (χ3v) is 2.91. The largest absolute Gasteiger partial charge is 0.393 e. The predicted octanol–water partition coefficient (Wildman–Crippen LogP) is 2.33. The Balaban J connectivity index is 2.26. The average Bonchev–Trinajstić information content (AvgIpc) is 2.28. The molecule has 0 saturated carbocycles.